The van der Waals surface area contributed by atoms with Gasteiger partial charge in [-0.05, 0) is 34.3 Å². The molecule has 0 radical (unpaired) electrons. The molecular weight excluding hydrogens is 412 g/mol. The number of rotatable bonds is 8. The van der Waals surface area contributed by atoms with E-state index in [-0.39, 0.29) is 17.1 Å². The molecule has 0 amide bonds. The average Bonchev–Trinajstić information content (AvgIpc) is 2.81. The Balaban J connectivity index is 2.09. The van der Waals surface area contributed by atoms with E-state index in [0.717, 1.165) is 5.56 Å². The van der Waals surface area contributed by atoms with Gasteiger partial charge >= 0.3 is 5.97 Å². The smallest absolute Gasteiger partial charge is 0.311 e. The van der Waals surface area contributed by atoms with Gasteiger partial charge in [0.15, 0.2) is 0 Å². The second kappa shape index (κ2) is 10.3. The van der Waals surface area contributed by atoms with Gasteiger partial charge in [-0.25, -0.2) is 0 Å². The maximum absolute atomic E-state index is 12.9. The van der Waals surface area contributed by atoms with E-state index in [1.807, 2.05) is 49.4 Å². The van der Waals surface area contributed by atoms with Crippen molar-refractivity contribution < 1.29 is 14.0 Å². The Labute approximate surface area is 193 Å². The zero-order chi connectivity index (χ0) is 23.2. The fraction of sp³-hybridized carbons (Fsp3) is 0.321. The van der Waals surface area contributed by atoms with Crippen molar-refractivity contribution in [3.8, 4) is 0 Å². The number of ether oxygens (including phenoxy) is 1. The van der Waals surface area contributed by atoms with E-state index in [1.54, 1.807) is 0 Å². The third kappa shape index (κ3) is 5.03. The van der Waals surface area contributed by atoms with Gasteiger partial charge in [0.25, 0.3) is 8.32 Å². The fourth-order valence-corrected chi connectivity index (χ4v) is 9.25. The van der Waals surface area contributed by atoms with E-state index < -0.39 is 14.2 Å². The Hall–Kier alpha value is -2.69. The first-order chi connectivity index (χ1) is 15.3. The van der Waals surface area contributed by atoms with Crippen LogP contribution in [-0.2, 0) is 20.4 Å². The number of esters is 1. The van der Waals surface area contributed by atoms with Crippen LogP contribution in [0, 0.1) is 5.92 Å². The normalized spacial score (nSPS) is 13.9. The molecule has 4 heteroatoms. The van der Waals surface area contributed by atoms with Crippen molar-refractivity contribution in [2.24, 2.45) is 5.92 Å². The highest BCUT2D eigenvalue weighted by Gasteiger charge is 2.52. The first-order valence-electron chi connectivity index (χ1n) is 11.2. The molecule has 168 valence electrons. The van der Waals surface area contributed by atoms with Crippen molar-refractivity contribution in [3.05, 3.63) is 96.6 Å². The molecule has 0 saturated heterocycles. The maximum atomic E-state index is 12.9. The first kappa shape index (κ1) is 24.0. The summed E-state index contributed by atoms with van der Waals surface area (Å²) in [5.41, 5.74) is 1.10. The molecule has 0 fully saturated rings. The quantitative estimate of drug-likeness (QED) is 0.361. The van der Waals surface area contributed by atoms with E-state index in [4.69, 9.17) is 9.16 Å². The third-order valence-corrected chi connectivity index (χ3v) is 11.3. The Morgan fingerprint density at radius 2 is 1.25 bits per heavy atom. The monoisotopic (exact) mass is 446 g/mol. The average molecular weight is 447 g/mol. The predicted octanol–water partition coefficient (Wildman–Crippen LogP) is 4.98. The van der Waals surface area contributed by atoms with Crippen LogP contribution in [0.3, 0.4) is 0 Å². The van der Waals surface area contributed by atoms with Gasteiger partial charge in [0.05, 0.1) is 19.1 Å². The molecule has 0 aromatic heterocycles. The van der Waals surface area contributed by atoms with Gasteiger partial charge in [-0.3, -0.25) is 4.79 Å². The summed E-state index contributed by atoms with van der Waals surface area (Å²) in [4.78, 5) is 12.9. The van der Waals surface area contributed by atoms with Crippen LogP contribution < -0.4 is 10.4 Å². The van der Waals surface area contributed by atoms with Gasteiger partial charge in [0.2, 0.25) is 0 Å². The van der Waals surface area contributed by atoms with Crippen LogP contribution in [-0.4, -0.2) is 27.5 Å². The fourth-order valence-electron chi connectivity index (χ4n) is 4.51. The molecule has 0 spiro atoms. The summed E-state index contributed by atoms with van der Waals surface area (Å²) in [6.45, 7) is 8.76. The van der Waals surface area contributed by atoms with Crippen molar-refractivity contribution in [2.75, 3.05) is 7.11 Å². The van der Waals surface area contributed by atoms with Crippen LogP contribution in [0.4, 0.5) is 0 Å². The summed E-state index contributed by atoms with van der Waals surface area (Å²) >= 11 is 0. The van der Waals surface area contributed by atoms with Gasteiger partial charge in [-0.1, -0.05) is 112 Å². The van der Waals surface area contributed by atoms with Gasteiger partial charge < -0.3 is 9.16 Å². The molecule has 3 aromatic carbocycles. The van der Waals surface area contributed by atoms with E-state index >= 15 is 0 Å². The molecule has 0 aliphatic carbocycles. The summed E-state index contributed by atoms with van der Waals surface area (Å²) < 4.78 is 12.4. The largest absolute Gasteiger partial charge is 0.469 e. The van der Waals surface area contributed by atoms with Gasteiger partial charge in [0, 0.05) is 0 Å². The van der Waals surface area contributed by atoms with Gasteiger partial charge in [-0.15, -0.1) is 0 Å². The minimum atomic E-state index is -2.76. The standard InChI is InChI=1S/C28H34O3Si/c1-22(26(27(29)30-5)21-23-15-9-6-10-16-23)31-32(28(2,3)4,24-17-11-7-12-18-24)25-19-13-8-14-20-25/h6-20,22,26H,21H2,1-5H3/t22-,26-/m0/s1. The number of carbonyl (C=O) groups is 1. The second-order valence-electron chi connectivity index (χ2n) is 9.31. The number of hydrogen-bond donors (Lipinski definition) is 0. The molecule has 0 aliphatic heterocycles. The molecular formula is C28H34O3Si. The molecule has 0 aliphatic rings. The molecule has 0 saturated carbocycles. The summed E-state index contributed by atoms with van der Waals surface area (Å²) in [5, 5.41) is 2.25. The number of carbonyl (C=O) groups excluding carboxylic acids is 1. The van der Waals surface area contributed by atoms with Crippen molar-refractivity contribution in [2.45, 2.75) is 45.3 Å². The molecule has 32 heavy (non-hydrogen) atoms. The lowest BCUT2D eigenvalue weighted by molar-refractivity contribution is -0.148. The lowest BCUT2D eigenvalue weighted by Gasteiger charge is -2.45. The molecule has 0 unspecified atom stereocenters. The molecule has 0 bridgehead atoms. The minimum Gasteiger partial charge on any atom is -0.469 e. The van der Waals surface area contributed by atoms with Crippen molar-refractivity contribution >= 4 is 24.7 Å². The zero-order valence-corrected chi connectivity index (χ0v) is 20.7. The second-order valence-corrected chi connectivity index (χ2v) is 13.6. The predicted molar refractivity (Wildman–Crippen MR) is 134 cm³/mol. The van der Waals surface area contributed by atoms with Crippen LogP contribution in [0.15, 0.2) is 91.0 Å². The highest BCUT2D eigenvalue weighted by Crippen LogP contribution is 2.38. The SMILES string of the molecule is COC(=O)[C@@H](Cc1ccccc1)[C@H](C)O[Si](c1ccccc1)(c1ccccc1)C(C)(C)C. The molecule has 3 nitrogen and oxygen atoms in total. The highest BCUT2D eigenvalue weighted by molar-refractivity contribution is 6.99. The lowest BCUT2D eigenvalue weighted by Crippen LogP contribution is -2.68. The molecule has 2 atom stereocenters. The molecule has 3 aromatic rings. The van der Waals surface area contributed by atoms with E-state index in [9.17, 15) is 4.79 Å². The number of hydrogen-bond acceptors (Lipinski definition) is 3. The minimum absolute atomic E-state index is 0.155. The van der Waals surface area contributed by atoms with Crippen molar-refractivity contribution in [3.63, 3.8) is 0 Å². The third-order valence-electron chi connectivity index (χ3n) is 6.15. The van der Waals surface area contributed by atoms with E-state index in [1.165, 1.54) is 17.5 Å². The maximum Gasteiger partial charge on any atom is 0.311 e. The van der Waals surface area contributed by atoms with Gasteiger partial charge in [-0.2, -0.15) is 0 Å². The van der Waals surface area contributed by atoms with Crippen molar-refractivity contribution in [1.29, 1.82) is 0 Å². The summed E-state index contributed by atoms with van der Waals surface area (Å²) in [6, 6.07) is 31.1. The van der Waals surface area contributed by atoms with Crippen LogP contribution >= 0.6 is 0 Å². The Morgan fingerprint density at radius 1 is 0.812 bits per heavy atom. The number of benzene rings is 3. The van der Waals surface area contributed by atoms with Gasteiger partial charge in [0.1, 0.15) is 0 Å². The molecule has 0 heterocycles. The molecule has 0 N–H and O–H groups in total. The van der Waals surface area contributed by atoms with Crippen molar-refractivity contribution in [1.82, 2.24) is 0 Å². The first-order valence-corrected chi connectivity index (χ1v) is 13.1. The van der Waals surface area contributed by atoms with Crippen LogP contribution in [0.1, 0.15) is 33.3 Å². The van der Waals surface area contributed by atoms with E-state index in [0.29, 0.717) is 6.42 Å². The Bertz CT molecular complexity index is 942. The summed E-state index contributed by atoms with van der Waals surface area (Å²) in [5.74, 6) is -0.636. The summed E-state index contributed by atoms with van der Waals surface area (Å²) in [6.07, 6.45) is 0.251. The molecule has 3 rings (SSSR count). The van der Waals surface area contributed by atoms with Crippen LogP contribution in [0.25, 0.3) is 0 Å². The van der Waals surface area contributed by atoms with Crippen LogP contribution in [0.5, 0.6) is 0 Å². The Morgan fingerprint density at radius 3 is 1.66 bits per heavy atom. The summed E-state index contributed by atoms with van der Waals surface area (Å²) in [7, 11) is -1.30. The number of methoxy groups -OCH3 is 1. The zero-order valence-electron chi connectivity index (χ0n) is 19.7. The topological polar surface area (TPSA) is 35.5 Å². The lowest BCUT2D eigenvalue weighted by atomic mass is 9.95. The van der Waals surface area contributed by atoms with E-state index in [2.05, 4.69) is 69.3 Å². The van der Waals surface area contributed by atoms with Crippen LogP contribution in [0.2, 0.25) is 5.04 Å². The highest BCUT2D eigenvalue weighted by atomic mass is 28.4. The Kier molecular flexibility index (Phi) is 7.70.